The Morgan fingerprint density at radius 2 is 2.29 bits per heavy atom. The topological polar surface area (TPSA) is 89.8 Å². The first kappa shape index (κ1) is 13.4. The minimum absolute atomic E-state index is 0.334. The number of nitriles is 1. The average molecular weight is 299 g/mol. The molecule has 0 amide bonds. The fraction of sp³-hybridized carbons (Fsp3) is 0.214. The van der Waals surface area contributed by atoms with Gasteiger partial charge in [-0.25, -0.2) is 4.98 Å². The molecule has 21 heavy (non-hydrogen) atoms. The minimum atomic E-state index is 0.334. The lowest BCUT2D eigenvalue weighted by Crippen LogP contribution is -2.01. The predicted octanol–water partition coefficient (Wildman–Crippen LogP) is 2.51. The summed E-state index contributed by atoms with van der Waals surface area (Å²) in [5, 5.41) is 14.2. The van der Waals surface area contributed by atoms with Crippen molar-refractivity contribution in [3.05, 3.63) is 29.5 Å². The highest BCUT2D eigenvalue weighted by Crippen LogP contribution is 2.30. The van der Waals surface area contributed by atoms with Gasteiger partial charge in [-0.3, -0.25) is 0 Å². The van der Waals surface area contributed by atoms with E-state index < -0.39 is 0 Å². The molecule has 0 saturated carbocycles. The van der Waals surface area contributed by atoms with Crippen LogP contribution in [0.15, 0.2) is 18.2 Å². The van der Waals surface area contributed by atoms with Crippen molar-refractivity contribution in [3.63, 3.8) is 0 Å². The van der Waals surface area contributed by atoms with Crippen LogP contribution in [0.3, 0.4) is 0 Å². The molecular formula is C14H13N5OS. The van der Waals surface area contributed by atoms with Crippen LogP contribution in [0.25, 0.3) is 15.3 Å². The average Bonchev–Trinajstić information content (AvgIpc) is 3.06. The van der Waals surface area contributed by atoms with Gasteiger partial charge in [0.05, 0.1) is 23.0 Å². The Bertz CT molecular complexity index is 858. The molecule has 106 valence electrons. The van der Waals surface area contributed by atoms with Crippen molar-refractivity contribution in [3.8, 4) is 17.0 Å². The molecule has 3 rings (SSSR count). The van der Waals surface area contributed by atoms with E-state index in [1.165, 1.54) is 16.0 Å². The first-order valence-corrected chi connectivity index (χ1v) is 7.22. The Labute approximate surface area is 125 Å². The first-order chi connectivity index (χ1) is 10.2. The van der Waals surface area contributed by atoms with Crippen LogP contribution in [0.5, 0.6) is 5.75 Å². The molecule has 2 aromatic heterocycles. The predicted molar refractivity (Wildman–Crippen MR) is 81.8 cm³/mol. The summed E-state index contributed by atoms with van der Waals surface area (Å²) < 4.78 is 7.73. The third-order valence-corrected chi connectivity index (χ3v) is 4.20. The first-order valence-electron chi connectivity index (χ1n) is 6.40. The molecule has 0 saturated heterocycles. The van der Waals surface area contributed by atoms with Crippen LogP contribution in [0, 0.1) is 11.3 Å². The molecule has 0 unspecified atom stereocenters. The Hall–Kier alpha value is -2.59. The van der Waals surface area contributed by atoms with E-state index in [4.69, 9.17) is 10.5 Å². The maximum Gasteiger partial charge on any atom is 0.213 e. The maximum atomic E-state index is 9.18. The van der Waals surface area contributed by atoms with Crippen LogP contribution in [-0.2, 0) is 6.42 Å². The number of nitrogens with zero attached hydrogens (tertiary/aromatic N) is 4. The number of hydrogen-bond donors (Lipinski definition) is 1. The monoisotopic (exact) mass is 299 g/mol. The van der Waals surface area contributed by atoms with Crippen molar-refractivity contribution in [2.45, 2.75) is 13.3 Å². The number of ether oxygens (including phenoxy) is 1. The van der Waals surface area contributed by atoms with E-state index in [1.54, 1.807) is 7.11 Å². The quantitative estimate of drug-likeness (QED) is 0.802. The van der Waals surface area contributed by atoms with E-state index in [-0.39, 0.29) is 0 Å². The summed E-state index contributed by atoms with van der Waals surface area (Å²) in [4.78, 5) is 4.52. The van der Waals surface area contributed by atoms with E-state index in [9.17, 15) is 5.26 Å². The van der Waals surface area contributed by atoms with E-state index in [0.717, 1.165) is 16.0 Å². The van der Waals surface area contributed by atoms with Crippen LogP contribution >= 0.6 is 11.3 Å². The molecule has 6 nitrogen and oxygen atoms in total. The summed E-state index contributed by atoms with van der Waals surface area (Å²) in [5.41, 5.74) is 7.98. The lowest BCUT2D eigenvalue weighted by molar-refractivity contribution is 0.415. The lowest BCUT2D eigenvalue weighted by atomic mass is 10.2. The van der Waals surface area contributed by atoms with Crippen molar-refractivity contribution >= 4 is 27.4 Å². The summed E-state index contributed by atoms with van der Waals surface area (Å²) in [5.74, 6) is 1.11. The van der Waals surface area contributed by atoms with E-state index in [0.29, 0.717) is 28.6 Å². The summed E-state index contributed by atoms with van der Waals surface area (Å²) in [7, 11) is 1.63. The largest absolute Gasteiger partial charge is 0.497 e. The fourth-order valence-electron chi connectivity index (χ4n) is 2.10. The number of aromatic nitrogens is 3. The molecule has 1 aromatic carbocycles. The molecule has 0 aliphatic rings. The zero-order chi connectivity index (χ0) is 15.0. The van der Waals surface area contributed by atoms with E-state index in [1.807, 2.05) is 25.1 Å². The summed E-state index contributed by atoms with van der Waals surface area (Å²) in [6.45, 7) is 1.94. The maximum absolute atomic E-state index is 9.18. The Balaban J connectivity index is 2.17. The van der Waals surface area contributed by atoms with Crippen LogP contribution in [0.1, 0.15) is 18.2 Å². The van der Waals surface area contributed by atoms with Crippen LogP contribution in [0.2, 0.25) is 0 Å². The second-order valence-electron chi connectivity index (χ2n) is 4.41. The normalized spacial score (nSPS) is 10.7. The van der Waals surface area contributed by atoms with Gasteiger partial charge in [0.2, 0.25) is 5.13 Å². The lowest BCUT2D eigenvalue weighted by Gasteiger charge is -1.96. The van der Waals surface area contributed by atoms with Crippen LogP contribution < -0.4 is 10.5 Å². The number of thiazole rings is 1. The van der Waals surface area contributed by atoms with Gasteiger partial charge < -0.3 is 10.5 Å². The SMILES string of the molecule is CCc1nn(-c2nc3ccc(OC)cc3s2)c(N)c1C#N. The highest BCUT2D eigenvalue weighted by Gasteiger charge is 2.17. The molecule has 7 heteroatoms. The number of methoxy groups -OCH3 is 1. The van der Waals surface area contributed by atoms with Crippen LogP contribution in [0.4, 0.5) is 5.82 Å². The fourth-order valence-corrected chi connectivity index (χ4v) is 3.06. The molecule has 0 bridgehead atoms. The highest BCUT2D eigenvalue weighted by molar-refractivity contribution is 7.20. The molecule has 0 spiro atoms. The van der Waals surface area contributed by atoms with Gasteiger partial charge in [-0.1, -0.05) is 18.3 Å². The summed E-state index contributed by atoms with van der Waals surface area (Å²) in [6, 6.07) is 7.77. The second kappa shape index (κ2) is 5.07. The minimum Gasteiger partial charge on any atom is -0.497 e. The molecular weight excluding hydrogens is 286 g/mol. The summed E-state index contributed by atoms with van der Waals surface area (Å²) in [6.07, 6.45) is 0.652. The van der Waals surface area contributed by atoms with Gasteiger partial charge in [0.15, 0.2) is 0 Å². The molecule has 2 N–H and O–H groups in total. The number of fused-ring (bicyclic) bond motifs is 1. The molecule has 0 atom stereocenters. The number of hydrogen-bond acceptors (Lipinski definition) is 6. The third-order valence-electron chi connectivity index (χ3n) is 3.21. The number of nitrogen functional groups attached to an aromatic ring is 1. The van der Waals surface area contributed by atoms with Gasteiger partial charge in [-0.15, -0.1) is 0 Å². The molecule has 0 aliphatic heterocycles. The van der Waals surface area contributed by atoms with E-state index >= 15 is 0 Å². The Morgan fingerprint density at radius 3 is 2.90 bits per heavy atom. The van der Waals surface area contributed by atoms with Crippen molar-refractivity contribution in [2.24, 2.45) is 0 Å². The highest BCUT2D eigenvalue weighted by atomic mass is 32.1. The smallest absolute Gasteiger partial charge is 0.213 e. The number of anilines is 1. The molecule has 0 radical (unpaired) electrons. The number of benzene rings is 1. The van der Waals surface area contributed by atoms with Gasteiger partial charge in [-0.05, 0) is 24.6 Å². The van der Waals surface area contributed by atoms with E-state index in [2.05, 4.69) is 16.2 Å². The van der Waals surface area contributed by atoms with Crippen molar-refractivity contribution in [1.29, 1.82) is 5.26 Å². The van der Waals surface area contributed by atoms with Gasteiger partial charge in [0.1, 0.15) is 23.2 Å². The Morgan fingerprint density at radius 1 is 1.48 bits per heavy atom. The van der Waals surface area contributed by atoms with Crippen molar-refractivity contribution in [2.75, 3.05) is 12.8 Å². The van der Waals surface area contributed by atoms with Crippen LogP contribution in [-0.4, -0.2) is 21.9 Å². The van der Waals surface area contributed by atoms with Crippen molar-refractivity contribution < 1.29 is 4.74 Å². The van der Waals surface area contributed by atoms with Crippen molar-refractivity contribution in [1.82, 2.24) is 14.8 Å². The standard InChI is InChI=1S/C14H13N5OS/c1-3-10-9(7-15)13(16)19(18-10)14-17-11-5-4-8(20-2)6-12(11)21-14/h4-6H,3,16H2,1-2H3. The van der Waals surface area contributed by atoms with Gasteiger partial charge in [0.25, 0.3) is 0 Å². The van der Waals surface area contributed by atoms with Gasteiger partial charge >= 0.3 is 0 Å². The second-order valence-corrected chi connectivity index (χ2v) is 5.42. The molecule has 3 aromatic rings. The molecule has 0 fully saturated rings. The van der Waals surface area contributed by atoms with Gasteiger partial charge in [-0.2, -0.15) is 15.0 Å². The number of aryl methyl sites for hydroxylation is 1. The number of rotatable bonds is 3. The number of nitrogens with two attached hydrogens (primary N) is 1. The zero-order valence-corrected chi connectivity index (χ0v) is 12.4. The summed E-state index contributed by atoms with van der Waals surface area (Å²) >= 11 is 1.46. The van der Waals surface area contributed by atoms with Gasteiger partial charge in [0, 0.05) is 0 Å². The zero-order valence-electron chi connectivity index (χ0n) is 11.6. The molecule has 2 heterocycles. The molecule has 0 aliphatic carbocycles. The third kappa shape index (κ3) is 2.10. The Kier molecular flexibility index (Phi) is 3.23.